The van der Waals surface area contributed by atoms with E-state index in [1.54, 1.807) is 17.0 Å². The predicted octanol–water partition coefficient (Wildman–Crippen LogP) is 3.92. The summed E-state index contributed by atoms with van der Waals surface area (Å²) in [5.74, 6) is -0.408. The van der Waals surface area contributed by atoms with Gasteiger partial charge in [-0.15, -0.1) is 0 Å². The number of hydrogen-bond donors (Lipinski definition) is 2. The van der Waals surface area contributed by atoms with Crippen molar-refractivity contribution in [2.75, 3.05) is 16.8 Å². The van der Waals surface area contributed by atoms with Gasteiger partial charge in [0, 0.05) is 40.9 Å². The Morgan fingerprint density at radius 1 is 1.26 bits per heavy atom. The molecule has 0 atom stereocenters. The summed E-state index contributed by atoms with van der Waals surface area (Å²) in [5, 5.41) is 3.60. The number of benzene rings is 2. The van der Waals surface area contributed by atoms with E-state index in [4.69, 9.17) is 0 Å². The van der Waals surface area contributed by atoms with Gasteiger partial charge in [-0.1, -0.05) is 6.07 Å². The molecular formula is C21H20FN3O2. The lowest BCUT2D eigenvalue weighted by atomic mass is 10.1. The lowest BCUT2D eigenvalue weighted by Gasteiger charge is -2.16. The molecule has 3 aromatic rings. The van der Waals surface area contributed by atoms with Crippen LogP contribution in [-0.2, 0) is 16.0 Å². The number of amides is 2. The van der Waals surface area contributed by atoms with Crippen LogP contribution in [0.2, 0.25) is 0 Å². The minimum atomic E-state index is -0.328. The maximum Gasteiger partial charge on any atom is 0.228 e. The summed E-state index contributed by atoms with van der Waals surface area (Å²) in [6, 6.07) is 11.8. The fraction of sp³-hybridized carbons (Fsp3) is 0.238. The fourth-order valence-corrected chi connectivity index (χ4v) is 3.62. The number of nitrogens with one attached hydrogen (secondary N) is 2. The van der Waals surface area contributed by atoms with Gasteiger partial charge in [-0.3, -0.25) is 9.59 Å². The monoisotopic (exact) mass is 365 g/mol. The Bertz CT molecular complexity index is 1040. The Morgan fingerprint density at radius 2 is 2.11 bits per heavy atom. The van der Waals surface area contributed by atoms with Crippen molar-refractivity contribution < 1.29 is 14.0 Å². The lowest BCUT2D eigenvalue weighted by molar-refractivity contribution is -0.117. The van der Waals surface area contributed by atoms with Crippen molar-refractivity contribution in [1.82, 2.24) is 4.98 Å². The van der Waals surface area contributed by atoms with Gasteiger partial charge in [0.05, 0.1) is 6.42 Å². The largest absolute Gasteiger partial charge is 0.358 e. The number of anilines is 2. The molecule has 1 aliphatic heterocycles. The Morgan fingerprint density at radius 3 is 2.89 bits per heavy atom. The number of carbonyl (C=O) groups is 2. The normalized spacial score (nSPS) is 14.1. The third kappa shape index (κ3) is 3.43. The molecule has 0 radical (unpaired) electrons. The van der Waals surface area contributed by atoms with Crippen LogP contribution in [-0.4, -0.2) is 23.3 Å². The van der Waals surface area contributed by atoms with Crippen LogP contribution >= 0.6 is 0 Å². The number of aromatic nitrogens is 1. The van der Waals surface area contributed by atoms with E-state index in [0.29, 0.717) is 18.7 Å². The summed E-state index contributed by atoms with van der Waals surface area (Å²) >= 11 is 0. The van der Waals surface area contributed by atoms with Crippen molar-refractivity contribution in [3.8, 4) is 0 Å². The van der Waals surface area contributed by atoms with E-state index in [-0.39, 0.29) is 24.1 Å². The van der Waals surface area contributed by atoms with E-state index in [9.17, 15) is 14.0 Å². The van der Waals surface area contributed by atoms with E-state index in [1.165, 1.54) is 12.1 Å². The molecule has 2 amide bonds. The predicted molar refractivity (Wildman–Crippen MR) is 103 cm³/mol. The van der Waals surface area contributed by atoms with E-state index < -0.39 is 0 Å². The molecule has 1 aromatic heterocycles. The quantitative estimate of drug-likeness (QED) is 0.736. The molecule has 0 aliphatic carbocycles. The van der Waals surface area contributed by atoms with Crippen molar-refractivity contribution in [2.24, 2.45) is 0 Å². The zero-order valence-electron chi connectivity index (χ0n) is 15.0. The van der Waals surface area contributed by atoms with E-state index >= 15 is 0 Å². The maximum atomic E-state index is 13.6. The SMILES string of the molecule is Cc1[nH]c2ccc(F)cc2c1CC(=O)Nc1cccc(N2CCCC2=O)c1. The fourth-order valence-electron chi connectivity index (χ4n) is 3.62. The Balaban J connectivity index is 1.53. The van der Waals surface area contributed by atoms with Crippen LogP contribution in [0, 0.1) is 12.7 Å². The van der Waals surface area contributed by atoms with E-state index in [1.807, 2.05) is 25.1 Å². The van der Waals surface area contributed by atoms with E-state index in [2.05, 4.69) is 10.3 Å². The molecule has 0 spiro atoms. The second-order valence-electron chi connectivity index (χ2n) is 6.84. The molecule has 2 heterocycles. The third-order valence-corrected chi connectivity index (χ3v) is 4.93. The smallest absolute Gasteiger partial charge is 0.228 e. The highest BCUT2D eigenvalue weighted by molar-refractivity contribution is 5.98. The van der Waals surface area contributed by atoms with Gasteiger partial charge in [0.1, 0.15) is 5.82 Å². The van der Waals surface area contributed by atoms with Gasteiger partial charge in [-0.25, -0.2) is 4.39 Å². The molecule has 2 aromatic carbocycles. The molecule has 138 valence electrons. The van der Waals surface area contributed by atoms with Crippen LogP contribution in [0.15, 0.2) is 42.5 Å². The minimum absolute atomic E-state index is 0.106. The van der Waals surface area contributed by atoms with Gasteiger partial charge in [-0.05, 0) is 55.3 Å². The summed E-state index contributed by atoms with van der Waals surface area (Å²) < 4.78 is 13.6. The molecule has 2 N–H and O–H groups in total. The van der Waals surface area contributed by atoms with Crippen molar-refractivity contribution in [3.63, 3.8) is 0 Å². The molecule has 1 aliphatic rings. The topological polar surface area (TPSA) is 65.2 Å². The first-order valence-corrected chi connectivity index (χ1v) is 8.98. The maximum absolute atomic E-state index is 13.6. The third-order valence-electron chi connectivity index (χ3n) is 4.93. The number of halogens is 1. The standard InChI is InChI=1S/C21H20FN3O2/c1-13-17(18-10-14(22)7-8-19(18)23-13)12-20(26)24-15-4-2-5-16(11-15)25-9-3-6-21(25)27/h2,4-5,7-8,10-11,23H,3,6,9,12H2,1H3,(H,24,26). The number of nitrogens with zero attached hydrogens (tertiary/aromatic N) is 1. The molecule has 27 heavy (non-hydrogen) atoms. The zero-order valence-corrected chi connectivity index (χ0v) is 15.0. The van der Waals surface area contributed by atoms with Crippen LogP contribution < -0.4 is 10.2 Å². The van der Waals surface area contributed by atoms with Crippen molar-refractivity contribution in [3.05, 3.63) is 59.5 Å². The molecule has 6 heteroatoms. The summed E-state index contributed by atoms with van der Waals surface area (Å²) in [7, 11) is 0. The number of fused-ring (bicyclic) bond motifs is 1. The highest BCUT2D eigenvalue weighted by atomic mass is 19.1. The van der Waals surface area contributed by atoms with Crippen molar-refractivity contribution in [1.29, 1.82) is 0 Å². The van der Waals surface area contributed by atoms with Crippen LogP contribution in [0.25, 0.3) is 10.9 Å². The zero-order chi connectivity index (χ0) is 19.0. The second kappa shape index (κ2) is 6.87. The summed E-state index contributed by atoms with van der Waals surface area (Å²) in [6.45, 7) is 2.58. The van der Waals surface area contributed by atoms with E-state index in [0.717, 1.165) is 34.3 Å². The Kier molecular flexibility index (Phi) is 4.39. The average molecular weight is 365 g/mol. The molecular weight excluding hydrogens is 345 g/mol. The summed E-state index contributed by atoms with van der Waals surface area (Å²) in [5.41, 5.74) is 3.88. The number of carbonyl (C=O) groups excluding carboxylic acids is 2. The molecule has 5 nitrogen and oxygen atoms in total. The van der Waals surface area contributed by atoms with Crippen molar-refractivity contribution >= 4 is 34.1 Å². The van der Waals surface area contributed by atoms with Gasteiger partial charge >= 0.3 is 0 Å². The van der Waals surface area contributed by atoms with Crippen LogP contribution in [0.3, 0.4) is 0 Å². The summed E-state index contributed by atoms with van der Waals surface area (Å²) in [4.78, 5) is 29.4. The molecule has 1 saturated heterocycles. The molecule has 0 bridgehead atoms. The van der Waals surface area contributed by atoms with Crippen LogP contribution in [0.5, 0.6) is 0 Å². The summed E-state index contributed by atoms with van der Waals surface area (Å²) in [6.07, 6.45) is 1.56. The first kappa shape index (κ1) is 17.3. The number of rotatable bonds is 4. The molecule has 1 fully saturated rings. The average Bonchev–Trinajstić information content (AvgIpc) is 3.19. The number of aryl methyl sites for hydroxylation is 1. The first-order valence-electron chi connectivity index (χ1n) is 8.98. The van der Waals surface area contributed by atoms with Gasteiger partial charge in [0.2, 0.25) is 11.8 Å². The van der Waals surface area contributed by atoms with Gasteiger partial charge in [-0.2, -0.15) is 0 Å². The molecule has 4 rings (SSSR count). The number of aromatic amines is 1. The van der Waals surface area contributed by atoms with Crippen molar-refractivity contribution in [2.45, 2.75) is 26.2 Å². The molecule has 0 saturated carbocycles. The number of hydrogen-bond acceptors (Lipinski definition) is 2. The minimum Gasteiger partial charge on any atom is -0.358 e. The van der Waals surface area contributed by atoms with Gasteiger partial charge in [0.15, 0.2) is 0 Å². The Hall–Kier alpha value is -3.15. The van der Waals surface area contributed by atoms with Crippen LogP contribution in [0.1, 0.15) is 24.1 Å². The van der Waals surface area contributed by atoms with Gasteiger partial charge < -0.3 is 15.2 Å². The first-order chi connectivity index (χ1) is 13.0. The van der Waals surface area contributed by atoms with Gasteiger partial charge in [0.25, 0.3) is 0 Å². The second-order valence-corrected chi connectivity index (χ2v) is 6.84. The highest BCUT2D eigenvalue weighted by Gasteiger charge is 2.22. The lowest BCUT2D eigenvalue weighted by Crippen LogP contribution is -2.23. The number of H-pyrrole nitrogens is 1. The molecule has 0 unspecified atom stereocenters. The highest BCUT2D eigenvalue weighted by Crippen LogP contribution is 2.26. The Labute approximate surface area is 156 Å². The van der Waals surface area contributed by atoms with Crippen LogP contribution in [0.4, 0.5) is 15.8 Å².